The fourth-order valence-corrected chi connectivity index (χ4v) is 6.92. The highest BCUT2D eigenvalue weighted by Crippen LogP contribution is 2.24. The molecule has 5 rings (SSSR count). The summed E-state index contributed by atoms with van der Waals surface area (Å²) >= 11 is 0. The van der Waals surface area contributed by atoms with Crippen molar-refractivity contribution in [3.8, 4) is 11.1 Å². The molecule has 3 saturated heterocycles. The van der Waals surface area contributed by atoms with E-state index in [0.717, 1.165) is 21.7 Å². The van der Waals surface area contributed by atoms with Crippen LogP contribution in [0, 0.1) is 5.82 Å². The third-order valence-electron chi connectivity index (χ3n) is 6.46. The molecule has 0 aliphatic carbocycles. The van der Waals surface area contributed by atoms with Crippen molar-refractivity contribution in [2.75, 3.05) is 49.3 Å². The highest BCUT2D eigenvalue weighted by Gasteiger charge is 2.37. The Morgan fingerprint density at radius 1 is 0.833 bits per heavy atom. The largest absolute Gasteiger partial charge is 0.369 e. The van der Waals surface area contributed by atoms with Crippen molar-refractivity contribution in [1.29, 1.82) is 0 Å². The van der Waals surface area contributed by atoms with Crippen molar-refractivity contribution in [2.24, 2.45) is 0 Å². The van der Waals surface area contributed by atoms with Crippen LogP contribution in [0.25, 0.3) is 11.1 Å². The summed E-state index contributed by atoms with van der Waals surface area (Å²) in [6.07, 6.45) is 0. The van der Waals surface area contributed by atoms with Crippen molar-refractivity contribution in [2.45, 2.75) is 6.04 Å². The molecule has 1 atom stereocenters. The molecule has 226 valence electrons. The van der Waals surface area contributed by atoms with Crippen LogP contribution in [-0.2, 0) is 28.7 Å². The molecule has 0 radical (unpaired) electrons. The van der Waals surface area contributed by atoms with E-state index in [1.165, 1.54) is 16.4 Å². The lowest BCUT2D eigenvalue weighted by atomic mass is 10.1. The Balaban J connectivity index is 0.000000283. The van der Waals surface area contributed by atoms with Crippen molar-refractivity contribution in [3.05, 3.63) is 54.3 Å². The molecule has 0 saturated carbocycles. The number of nitrogens with zero attached hydrogens (tertiary/aromatic N) is 3. The van der Waals surface area contributed by atoms with Crippen LogP contribution in [0.5, 0.6) is 0 Å². The van der Waals surface area contributed by atoms with Crippen LogP contribution in [0.1, 0.15) is 0 Å². The first kappa shape index (κ1) is 31.1. The maximum atomic E-state index is 13.1. The predicted octanol–water partition coefficient (Wildman–Crippen LogP) is 0.217. The van der Waals surface area contributed by atoms with E-state index in [2.05, 4.69) is 10.2 Å². The smallest absolute Gasteiger partial charge is 0.325 e. The van der Waals surface area contributed by atoms with Crippen LogP contribution in [0.2, 0.25) is 0 Å². The summed E-state index contributed by atoms with van der Waals surface area (Å²) in [6, 6.07) is 11.6. The number of piperazine rings is 1. The summed E-state index contributed by atoms with van der Waals surface area (Å²) in [5, 5.41) is 6.27. The lowest BCUT2D eigenvalue weighted by molar-refractivity contribution is -0.120. The molecule has 3 aliphatic rings. The minimum Gasteiger partial charge on any atom is -0.369 e. The second-order valence-corrected chi connectivity index (χ2v) is 14.2. The number of benzene rings is 2. The van der Waals surface area contributed by atoms with Gasteiger partial charge in [-0.1, -0.05) is 24.3 Å². The van der Waals surface area contributed by atoms with Crippen LogP contribution in [0.15, 0.2) is 48.5 Å². The molecule has 2 aromatic rings. The van der Waals surface area contributed by atoms with Crippen molar-refractivity contribution in [1.82, 2.24) is 25.2 Å². The highest BCUT2D eigenvalue weighted by molar-refractivity contribution is 8.13. The van der Waals surface area contributed by atoms with E-state index in [-0.39, 0.29) is 12.4 Å². The minimum atomic E-state index is -3.78. The standard InChI is InChI=1S/C20H21FN4O4S.C4H5ClN2O4S/c21-16-5-1-14(2-6-16)15-3-7-17(8-4-15)24-9-11-25(12-10-24)30(28,29)13-18-19(26)23-20(27)22-18;5-12(10,11)2-7-1-3(8)6-4(7)9/h1-8,18H,9-13H2,(H2,22,23,26,27);1-2H2,(H,6,8,9)/t18-;/m0./s1. The number of hydrogen-bond acceptors (Lipinski definition) is 9. The quantitative estimate of drug-likeness (QED) is 0.280. The molecule has 0 spiro atoms. The second-order valence-electron chi connectivity index (χ2n) is 9.45. The Labute approximate surface area is 245 Å². The van der Waals surface area contributed by atoms with Gasteiger partial charge in [0.25, 0.3) is 15.0 Å². The van der Waals surface area contributed by atoms with E-state index in [1.807, 2.05) is 34.9 Å². The van der Waals surface area contributed by atoms with Gasteiger partial charge < -0.3 is 10.2 Å². The molecule has 42 heavy (non-hydrogen) atoms. The number of anilines is 1. The monoisotopic (exact) mass is 644 g/mol. The summed E-state index contributed by atoms with van der Waals surface area (Å²) in [5.41, 5.74) is 2.86. The third kappa shape index (κ3) is 8.15. The molecule has 3 heterocycles. The summed E-state index contributed by atoms with van der Waals surface area (Å²) in [7, 11) is -2.59. The van der Waals surface area contributed by atoms with E-state index in [4.69, 9.17) is 10.7 Å². The Kier molecular flexibility index (Phi) is 9.34. The van der Waals surface area contributed by atoms with Crippen LogP contribution in [0.3, 0.4) is 0 Å². The zero-order chi connectivity index (χ0) is 30.7. The normalized spacial score (nSPS) is 19.6. The van der Waals surface area contributed by atoms with E-state index in [1.54, 1.807) is 12.1 Å². The van der Waals surface area contributed by atoms with Crippen molar-refractivity contribution < 1.29 is 40.4 Å². The van der Waals surface area contributed by atoms with Gasteiger partial charge >= 0.3 is 12.1 Å². The fourth-order valence-electron chi connectivity index (χ4n) is 4.40. The number of imide groups is 2. The van der Waals surface area contributed by atoms with E-state index in [9.17, 15) is 40.4 Å². The van der Waals surface area contributed by atoms with Gasteiger partial charge in [0.2, 0.25) is 15.9 Å². The topological polar surface area (TPSA) is 182 Å². The lowest BCUT2D eigenvalue weighted by Gasteiger charge is -2.35. The van der Waals surface area contributed by atoms with Gasteiger partial charge in [-0.3, -0.25) is 25.1 Å². The molecule has 6 amide bonds. The lowest BCUT2D eigenvalue weighted by Crippen LogP contribution is -2.51. The third-order valence-corrected chi connectivity index (χ3v) is 9.28. The van der Waals surface area contributed by atoms with Gasteiger partial charge in [0.05, 0.1) is 5.75 Å². The minimum absolute atomic E-state index is 0.259. The second kappa shape index (κ2) is 12.6. The van der Waals surface area contributed by atoms with Crippen molar-refractivity contribution in [3.63, 3.8) is 0 Å². The number of sulfonamides is 1. The van der Waals surface area contributed by atoms with Crippen LogP contribution < -0.4 is 20.9 Å². The van der Waals surface area contributed by atoms with E-state index < -0.39 is 60.6 Å². The fraction of sp³-hybridized carbons (Fsp3) is 0.333. The number of carbonyl (C=O) groups is 4. The molecule has 3 aliphatic heterocycles. The van der Waals surface area contributed by atoms with Gasteiger partial charge in [0, 0.05) is 42.5 Å². The zero-order valence-electron chi connectivity index (χ0n) is 21.8. The summed E-state index contributed by atoms with van der Waals surface area (Å²) in [6.45, 7) is 1.36. The van der Waals surface area contributed by atoms with Gasteiger partial charge in [-0.25, -0.2) is 30.8 Å². The molecule has 0 unspecified atom stereocenters. The molecule has 3 N–H and O–H groups in total. The van der Waals surface area contributed by atoms with Gasteiger partial charge in [-0.05, 0) is 35.4 Å². The van der Waals surface area contributed by atoms with Gasteiger partial charge in [0.1, 0.15) is 24.3 Å². The van der Waals surface area contributed by atoms with Gasteiger partial charge in [-0.2, -0.15) is 4.31 Å². The summed E-state index contributed by atoms with van der Waals surface area (Å²) in [4.78, 5) is 47.0. The number of urea groups is 2. The molecule has 0 bridgehead atoms. The van der Waals surface area contributed by atoms with E-state index in [0.29, 0.717) is 26.2 Å². The Bertz CT molecular complexity index is 1580. The molecule has 0 aromatic heterocycles. The Morgan fingerprint density at radius 2 is 1.40 bits per heavy atom. The average Bonchev–Trinajstić information content (AvgIpc) is 3.40. The molecule has 18 heteroatoms. The maximum absolute atomic E-state index is 13.1. The summed E-state index contributed by atoms with van der Waals surface area (Å²) in [5.74, 6) is -2.52. The molecule has 14 nitrogen and oxygen atoms in total. The van der Waals surface area contributed by atoms with Gasteiger partial charge in [-0.15, -0.1) is 0 Å². The van der Waals surface area contributed by atoms with Crippen molar-refractivity contribution >= 4 is 59.3 Å². The SMILES string of the molecule is O=C1CN(CS(=O)(=O)Cl)C(=O)N1.O=C1NC(=O)[C@H](CS(=O)(=O)N2CCN(c3ccc(-c4ccc(F)cc4)cc3)CC2)N1. The Morgan fingerprint density at radius 3 is 1.88 bits per heavy atom. The number of carbonyl (C=O) groups excluding carboxylic acids is 4. The molecule has 2 aromatic carbocycles. The number of nitrogens with one attached hydrogen (secondary N) is 3. The van der Waals surface area contributed by atoms with Crippen LogP contribution in [0.4, 0.5) is 19.7 Å². The first-order chi connectivity index (χ1) is 19.7. The first-order valence-corrected chi connectivity index (χ1v) is 16.5. The zero-order valence-corrected chi connectivity index (χ0v) is 24.2. The number of hydrogen-bond donors (Lipinski definition) is 3. The van der Waals surface area contributed by atoms with Crippen LogP contribution in [-0.4, -0.2) is 100 Å². The number of amides is 6. The Hall–Kier alpha value is -3.80. The van der Waals surface area contributed by atoms with Crippen LogP contribution >= 0.6 is 10.7 Å². The first-order valence-electron chi connectivity index (χ1n) is 12.4. The van der Waals surface area contributed by atoms with E-state index >= 15 is 0 Å². The molecule has 3 fully saturated rings. The highest BCUT2D eigenvalue weighted by atomic mass is 35.7. The molecular weight excluding hydrogens is 619 g/mol. The average molecular weight is 645 g/mol. The maximum Gasteiger partial charge on any atom is 0.325 e. The predicted molar refractivity (Wildman–Crippen MR) is 150 cm³/mol. The number of rotatable bonds is 7. The number of halogens is 2. The van der Waals surface area contributed by atoms with Gasteiger partial charge in [0.15, 0.2) is 0 Å². The molecular formula is C24H26ClFN6O8S2. The summed E-state index contributed by atoms with van der Waals surface area (Å²) < 4.78 is 60.6.